The topological polar surface area (TPSA) is 30.2 Å². The molecule has 1 aromatic carbocycles. The maximum Gasteiger partial charge on any atom is 0.168 e. The van der Waals surface area contributed by atoms with Crippen LogP contribution in [-0.2, 0) is 0 Å². The molecule has 102 valence electrons. The van der Waals surface area contributed by atoms with Crippen molar-refractivity contribution in [2.75, 3.05) is 0 Å². The summed E-state index contributed by atoms with van der Waals surface area (Å²) in [5.41, 5.74) is 2.09. The molecule has 0 fully saturated rings. The van der Waals surface area contributed by atoms with Crippen LogP contribution in [0.25, 0.3) is 16.9 Å². The minimum Gasteiger partial charge on any atom is -0.237 e. The molecule has 0 unspecified atom stereocenters. The summed E-state index contributed by atoms with van der Waals surface area (Å²) in [7, 11) is 0. The predicted molar refractivity (Wildman–Crippen MR) is 72.4 cm³/mol. The van der Waals surface area contributed by atoms with E-state index in [2.05, 4.69) is 10.1 Å². The SMILES string of the molecule is CC(C)c1c(-c2cccc(F)c2F)nn2cccnc12. The van der Waals surface area contributed by atoms with Gasteiger partial charge in [-0.25, -0.2) is 18.3 Å². The molecule has 0 spiro atoms. The summed E-state index contributed by atoms with van der Waals surface area (Å²) < 4.78 is 29.0. The van der Waals surface area contributed by atoms with E-state index < -0.39 is 11.6 Å². The molecule has 0 atom stereocenters. The number of hydrogen-bond acceptors (Lipinski definition) is 2. The molecule has 0 saturated heterocycles. The largest absolute Gasteiger partial charge is 0.237 e. The highest BCUT2D eigenvalue weighted by Crippen LogP contribution is 2.32. The van der Waals surface area contributed by atoms with Crippen molar-refractivity contribution in [2.24, 2.45) is 0 Å². The Bertz CT molecular complexity index is 778. The zero-order valence-corrected chi connectivity index (χ0v) is 11.1. The fourth-order valence-corrected chi connectivity index (χ4v) is 2.32. The molecular weight excluding hydrogens is 260 g/mol. The summed E-state index contributed by atoms with van der Waals surface area (Å²) in [6.07, 6.45) is 3.41. The van der Waals surface area contributed by atoms with Gasteiger partial charge in [0.15, 0.2) is 17.3 Å². The van der Waals surface area contributed by atoms with Crippen LogP contribution in [0.1, 0.15) is 25.3 Å². The fraction of sp³-hybridized carbons (Fsp3) is 0.200. The molecule has 0 aliphatic rings. The van der Waals surface area contributed by atoms with Gasteiger partial charge < -0.3 is 0 Å². The Morgan fingerprint density at radius 1 is 1.15 bits per heavy atom. The summed E-state index contributed by atoms with van der Waals surface area (Å²) in [4.78, 5) is 4.28. The van der Waals surface area contributed by atoms with Crippen molar-refractivity contribution in [3.05, 3.63) is 53.9 Å². The van der Waals surface area contributed by atoms with Crippen LogP contribution in [0.2, 0.25) is 0 Å². The lowest BCUT2D eigenvalue weighted by Crippen LogP contribution is -1.95. The first kappa shape index (κ1) is 12.7. The molecule has 5 heteroatoms. The van der Waals surface area contributed by atoms with Crippen LogP contribution in [0.4, 0.5) is 8.78 Å². The van der Waals surface area contributed by atoms with E-state index in [0.29, 0.717) is 11.3 Å². The van der Waals surface area contributed by atoms with Gasteiger partial charge >= 0.3 is 0 Å². The normalized spacial score (nSPS) is 11.4. The number of rotatable bonds is 2. The van der Waals surface area contributed by atoms with Gasteiger partial charge in [-0.1, -0.05) is 19.9 Å². The Morgan fingerprint density at radius 2 is 1.95 bits per heavy atom. The highest BCUT2D eigenvalue weighted by Gasteiger charge is 2.21. The van der Waals surface area contributed by atoms with Gasteiger partial charge in [0.25, 0.3) is 0 Å². The van der Waals surface area contributed by atoms with Gasteiger partial charge in [0, 0.05) is 23.5 Å². The standard InChI is InChI=1S/C15H13F2N3/c1-9(2)12-14(10-5-3-6-11(16)13(10)17)19-20-8-4-7-18-15(12)20/h3-9H,1-2H3. The Balaban J connectivity index is 2.36. The van der Waals surface area contributed by atoms with Crippen LogP contribution in [0.3, 0.4) is 0 Å². The van der Waals surface area contributed by atoms with E-state index in [9.17, 15) is 8.78 Å². The van der Waals surface area contributed by atoms with E-state index in [0.717, 1.165) is 11.6 Å². The smallest absolute Gasteiger partial charge is 0.168 e. The molecule has 2 aromatic heterocycles. The van der Waals surface area contributed by atoms with Gasteiger partial charge in [-0.05, 0) is 24.1 Å². The first-order chi connectivity index (χ1) is 9.59. The van der Waals surface area contributed by atoms with Crippen LogP contribution in [0.15, 0.2) is 36.7 Å². The van der Waals surface area contributed by atoms with Crippen LogP contribution in [-0.4, -0.2) is 14.6 Å². The average Bonchev–Trinajstić information content (AvgIpc) is 2.81. The number of benzene rings is 1. The Kier molecular flexibility index (Phi) is 2.97. The van der Waals surface area contributed by atoms with E-state index in [-0.39, 0.29) is 11.5 Å². The zero-order chi connectivity index (χ0) is 14.3. The van der Waals surface area contributed by atoms with Crippen molar-refractivity contribution in [2.45, 2.75) is 19.8 Å². The highest BCUT2D eigenvalue weighted by molar-refractivity contribution is 5.72. The molecule has 20 heavy (non-hydrogen) atoms. The minimum atomic E-state index is -0.877. The molecule has 0 bridgehead atoms. The molecule has 0 aliphatic carbocycles. The molecule has 0 N–H and O–H groups in total. The molecule has 0 radical (unpaired) electrons. The summed E-state index contributed by atoms with van der Waals surface area (Å²) in [5.74, 6) is -1.65. The predicted octanol–water partition coefficient (Wildman–Crippen LogP) is 3.80. The van der Waals surface area contributed by atoms with Gasteiger partial charge in [-0.2, -0.15) is 5.10 Å². The van der Waals surface area contributed by atoms with E-state index in [4.69, 9.17) is 0 Å². The van der Waals surface area contributed by atoms with Crippen LogP contribution < -0.4 is 0 Å². The summed E-state index contributed by atoms with van der Waals surface area (Å²) in [5, 5.41) is 4.35. The van der Waals surface area contributed by atoms with Crippen LogP contribution in [0, 0.1) is 11.6 Å². The Morgan fingerprint density at radius 3 is 2.70 bits per heavy atom. The summed E-state index contributed by atoms with van der Waals surface area (Å²) in [6, 6.07) is 5.86. The van der Waals surface area contributed by atoms with Crippen molar-refractivity contribution in [1.82, 2.24) is 14.6 Å². The molecule has 2 heterocycles. The fourth-order valence-electron chi connectivity index (χ4n) is 2.32. The lowest BCUT2D eigenvalue weighted by molar-refractivity contribution is 0.510. The third-order valence-electron chi connectivity index (χ3n) is 3.21. The van der Waals surface area contributed by atoms with Crippen molar-refractivity contribution in [1.29, 1.82) is 0 Å². The second-order valence-electron chi connectivity index (χ2n) is 4.91. The number of nitrogens with zero attached hydrogens (tertiary/aromatic N) is 3. The Hall–Kier alpha value is -2.30. The van der Waals surface area contributed by atoms with Gasteiger partial charge in [0.05, 0.1) is 0 Å². The number of hydrogen-bond donors (Lipinski definition) is 0. The van der Waals surface area contributed by atoms with E-state index in [1.165, 1.54) is 12.1 Å². The number of fused-ring (bicyclic) bond motifs is 1. The van der Waals surface area contributed by atoms with Gasteiger partial charge in [0.2, 0.25) is 0 Å². The van der Waals surface area contributed by atoms with Crippen molar-refractivity contribution >= 4 is 5.65 Å². The second-order valence-corrected chi connectivity index (χ2v) is 4.91. The molecule has 3 rings (SSSR count). The zero-order valence-electron chi connectivity index (χ0n) is 11.1. The second kappa shape index (κ2) is 4.67. The maximum absolute atomic E-state index is 14.0. The first-order valence-electron chi connectivity index (χ1n) is 6.37. The monoisotopic (exact) mass is 273 g/mol. The summed E-state index contributed by atoms with van der Waals surface area (Å²) >= 11 is 0. The average molecular weight is 273 g/mol. The Labute approximate surface area is 114 Å². The van der Waals surface area contributed by atoms with E-state index in [1.807, 2.05) is 13.8 Å². The molecule has 3 nitrogen and oxygen atoms in total. The number of halogens is 2. The lowest BCUT2D eigenvalue weighted by Gasteiger charge is -2.07. The lowest BCUT2D eigenvalue weighted by atomic mass is 9.98. The quantitative estimate of drug-likeness (QED) is 0.711. The van der Waals surface area contributed by atoms with Gasteiger partial charge in [-0.15, -0.1) is 0 Å². The van der Waals surface area contributed by atoms with Crippen molar-refractivity contribution in [3.8, 4) is 11.3 Å². The van der Waals surface area contributed by atoms with E-state index >= 15 is 0 Å². The maximum atomic E-state index is 14.0. The number of aromatic nitrogens is 3. The van der Waals surface area contributed by atoms with Gasteiger partial charge in [0.1, 0.15) is 5.69 Å². The molecule has 0 saturated carbocycles. The molecular formula is C15H13F2N3. The molecule has 0 amide bonds. The molecule has 0 aliphatic heterocycles. The van der Waals surface area contributed by atoms with Crippen LogP contribution in [0.5, 0.6) is 0 Å². The van der Waals surface area contributed by atoms with Crippen molar-refractivity contribution in [3.63, 3.8) is 0 Å². The minimum absolute atomic E-state index is 0.0973. The summed E-state index contributed by atoms with van der Waals surface area (Å²) in [6.45, 7) is 3.96. The first-order valence-corrected chi connectivity index (χ1v) is 6.37. The van der Waals surface area contributed by atoms with Crippen LogP contribution >= 0.6 is 0 Å². The third-order valence-corrected chi connectivity index (χ3v) is 3.21. The van der Waals surface area contributed by atoms with E-state index in [1.54, 1.807) is 23.0 Å². The highest BCUT2D eigenvalue weighted by atomic mass is 19.2. The molecule has 3 aromatic rings. The third kappa shape index (κ3) is 1.86. The van der Waals surface area contributed by atoms with Gasteiger partial charge in [-0.3, -0.25) is 0 Å². The van der Waals surface area contributed by atoms with Crippen molar-refractivity contribution < 1.29 is 8.78 Å².